The van der Waals surface area contributed by atoms with Crippen molar-refractivity contribution in [1.82, 2.24) is 4.90 Å². The predicted molar refractivity (Wildman–Crippen MR) is 57.8 cm³/mol. The number of amides is 1. The van der Waals surface area contributed by atoms with E-state index in [1.165, 1.54) is 0 Å². The molecule has 2 N–H and O–H groups in total. The number of hydrogen-bond acceptors (Lipinski definition) is 3. The van der Waals surface area contributed by atoms with Crippen molar-refractivity contribution in [2.24, 2.45) is 11.1 Å². The molecule has 1 aliphatic carbocycles. The fraction of sp³-hybridized carbons (Fsp3) is 0.818. The summed E-state index contributed by atoms with van der Waals surface area (Å²) >= 11 is 0. The molecular formula is C11H19N3O. The summed E-state index contributed by atoms with van der Waals surface area (Å²) in [7, 11) is 0. The molecule has 4 heteroatoms. The summed E-state index contributed by atoms with van der Waals surface area (Å²) in [6, 6.07) is 1.76. The number of carbonyl (C=O) groups is 1. The Balaban J connectivity index is 2.68. The maximum Gasteiger partial charge on any atom is 0.241 e. The molecule has 15 heavy (non-hydrogen) atoms. The smallest absolute Gasteiger partial charge is 0.241 e. The molecule has 0 bridgehead atoms. The summed E-state index contributed by atoms with van der Waals surface area (Å²) in [4.78, 5) is 13.6. The average Bonchev–Trinajstić information content (AvgIpc) is 2.93. The van der Waals surface area contributed by atoms with Gasteiger partial charge in [-0.3, -0.25) is 4.79 Å². The predicted octanol–water partition coefficient (Wildman–Crippen LogP) is 0.874. The van der Waals surface area contributed by atoms with E-state index < -0.39 is 6.04 Å². The molecule has 0 aliphatic heterocycles. The summed E-state index contributed by atoms with van der Waals surface area (Å²) < 4.78 is 0. The number of rotatable bonds is 3. The van der Waals surface area contributed by atoms with E-state index in [1.54, 1.807) is 4.90 Å². The second-order valence-electron chi connectivity index (χ2n) is 5.20. The van der Waals surface area contributed by atoms with Crippen LogP contribution in [0.4, 0.5) is 0 Å². The third-order valence-corrected chi connectivity index (χ3v) is 2.71. The zero-order chi connectivity index (χ0) is 11.6. The van der Waals surface area contributed by atoms with Gasteiger partial charge in [-0.25, -0.2) is 0 Å². The zero-order valence-electron chi connectivity index (χ0n) is 9.66. The van der Waals surface area contributed by atoms with Gasteiger partial charge >= 0.3 is 0 Å². The highest BCUT2D eigenvalue weighted by Crippen LogP contribution is 2.29. The number of hydrogen-bond donors (Lipinski definition) is 1. The molecule has 1 rings (SSSR count). The van der Waals surface area contributed by atoms with Crippen LogP contribution in [0.1, 0.15) is 33.6 Å². The molecule has 84 valence electrons. The molecule has 1 amide bonds. The van der Waals surface area contributed by atoms with E-state index in [1.807, 2.05) is 26.8 Å². The van der Waals surface area contributed by atoms with Crippen molar-refractivity contribution in [2.45, 2.75) is 45.7 Å². The second-order valence-corrected chi connectivity index (χ2v) is 5.20. The summed E-state index contributed by atoms with van der Waals surface area (Å²) in [5.74, 6) is -0.0912. The second kappa shape index (κ2) is 4.19. The highest BCUT2D eigenvalue weighted by atomic mass is 16.2. The van der Waals surface area contributed by atoms with Crippen molar-refractivity contribution < 1.29 is 4.79 Å². The summed E-state index contributed by atoms with van der Waals surface area (Å²) in [6.45, 7) is 5.97. The van der Waals surface area contributed by atoms with Crippen LogP contribution in [0.5, 0.6) is 0 Å². The van der Waals surface area contributed by atoms with Gasteiger partial charge in [-0.15, -0.1) is 0 Å². The van der Waals surface area contributed by atoms with Gasteiger partial charge in [-0.05, 0) is 18.3 Å². The van der Waals surface area contributed by atoms with E-state index in [0.29, 0.717) is 0 Å². The molecule has 0 unspecified atom stereocenters. The SMILES string of the molecule is CC(C)(C)[C@H](N)C(=O)N(CC#N)C1CC1. The normalized spacial score (nSPS) is 18.1. The maximum absolute atomic E-state index is 12.0. The number of carbonyl (C=O) groups excluding carboxylic acids is 1. The summed E-state index contributed by atoms with van der Waals surface area (Å²) in [5.41, 5.74) is 5.64. The molecule has 0 aromatic heterocycles. The van der Waals surface area contributed by atoms with Gasteiger partial charge in [0.05, 0.1) is 12.1 Å². The van der Waals surface area contributed by atoms with Crippen LogP contribution < -0.4 is 5.73 Å². The zero-order valence-corrected chi connectivity index (χ0v) is 9.66. The molecule has 1 atom stereocenters. The largest absolute Gasteiger partial charge is 0.325 e. The Bertz CT molecular complexity index is 283. The first kappa shape index (κ1) is 12.0. The van der Waals surface area contributed by atoms with Crippen LogP contribution in [0.15, 0.2) is 0 Å². The first-order valence-electron chi connectivity index (χ1n) is 5.31. The molecule has 0 aromatic rings. The van der Waals surface area contributed by atoms with Crippen LogP contribution in [0.2, 0.25) is 0 Å². The molecule has 0 spiro atoms. The third kappa shape index (κ3) is 2.93. The van der Waals surface area contributed by atoms with Crippen molar-refractivity contribution in [3.05, 3.63) is 0 Å². The highest BCUT2D eigenvalue weighted by molar-refractivity contribution is 5.83. The molecule has 0 aromatic carbocycles. The van der Waals surface area contributed by atoms with Crippen molar-refractivity contribution in [3.8, 4) is 6.07 Å². The Labute approximate surface area is 91.0 Å². The van der Waals surface area contributed by atoms with Gasteiger partial charge in [-0.2, -0.15) is 5.26 Å². The van der Waals surface area contributed by atoms with E-state index in [0.717, 1.165) is 12.8 Å². The highest BCUT2D eigenvalue weighted by Gasteiger charge is 2.38. The van der Waals surface area contributed by atoms with Crippen molar-refractivity contribution in [2.75, 3.05) is 6.54 Å². The first-order valence-corrected chi connectivity index (χ1v) is 5.31. The van der Waals surface area contributed by atoms with Gasteiger partial charge in [0.25, 0.3) is 0 Å². The maximum atomic E-state index is 12.0. The van der Waals surface area contributed by atoms with Crippen molar-refractivity contribution >= 4 is 5.91 Å². The lowest BCUT2D eigenvalue weighted by Crippen LogP contribution is -2.51. The van der Waals surface area contributed by atoms with Gasteiger partial charge in [0.1, 0.15) is 6.54 Å². The van der Waals surface area contributed by atoms with Gasteiger partial charge in [0.15, 0.2) is 0 Å². The fourth-order valence-corrected chi connectivity index (χ4v) is 1.40. The number of nitrogens with two attached hydrogens (primary N) is 1. The lowest BCUT2D eigenvalue weighted by Gasteiger charge is -2.30. The quantitative estimate of drug-likeness (QED) is 0.701. The molecule has 4 nitrogen and oxygen atoms in total. The monoisotopic (exact) mass is 209 g/mol. The van der Waals surface area contributed by atoms with Gasteiger partial charge in [0, 0.05) is 6.04 Å². The number of nitriles is 1. The average molecular weight is 209 g/mol. The lowest BCUT2D eigenvalue weighted by atomic mass is 9.86. The Hall–Kier alpha value is -1.08. The minimum absolute atomic E-state index is 0.0912. The number of nitrogens with zero attached hydrogens (tertiary/aromatic N) is 2. The standard InChI is InChI=1S/C11H19N3O/c1-11(2,3)9(13)10(15)14(7-6-12)8-4-5-8/h8-9H,4-5,7,13H2,1-3H3/t9-/m1/s1. The van der Waals surface area contributed by atoms with Crippen LogP contribution in [0.3, 0.4) is 0 Å². The van der Waals surface area contributed by atoms with Crippen LogP contribution >= 0.6 is 0 Å². The van der Waals surface area contributed by atoms with Crippen molar-refractivity contribution in [3.63, 3.8) is 0 Å². The van der Waals surface area contributed by atoms with Gasteiger partial charge in [0.2, 0.25) is 5.91 Å². The Morgan fingerprint density at radius 1 is 1.60 bits per heavy atom. The first-order chi connectivity index (χ1) is 6.88. The van der Waals surface area contributed by atoms with E-state index in [-0.39, 0.29) is 23.9 Å². The van der Waals surface area contributed by atoms with Crippen LogP contribution in [-0.4, -0.2) is 29.4 Å². The topological polar surface area (TPSA) is 70.1 Å². The van der Waals surface area contributed by atoms with Gasteiger partial charge < -0.3 is 10.6 Å². The summed E-state index contributed by atoms with van der Waals surface area (Å²) in [6.07, 6.45) is 2.01. The van der Waals surface area contributed by atoms with Crippen LogP contribution in [-0.2, 0) is 4.79 Å². The Morgan fingerprint density at radius 3 is 2.47 bits per heavy atom. The Morgan fingerprint density at radius 2 is 2.13 bits per heavy atom. The van der Waals surface area contributed by atoms with E-state index in [2.05, 4.69) is 0 Å². The fourth-order valence-electron chi connectivity index (χ4n) is 1.40. The van der Waals surface area contributed by atoms with Crippen LogP contribution in [0.25, 0.3) is 0 Å². The summed E-state index contributed by atoms with van der Waals surface area (Å²) in [5, 5.41) is 8.66. The van der Waals surface area contributed by atoms with Gasteiger partial charge in [-0.1, -0.05) is 20.8 Å². The molecule has 0 heterocycles. The molecule has 0 saturated heterocycles. The Kier molecular flexibility index (Phi) is 3.35. The molecular weight excluding hydrogens is 190 g/mol. The molecule has 0 radical (unpaired) electrons. The van der Waals surface area contributed by atoms with E-state index in [4.69, 9.17) is 11.0 Å². The van der Waals surface area contributed by atoms with E-state index in [9.17, 15) is 4.79 Å². The third-order valence-electron chi connectivity index (χ3n) is 2.71. The lowest BCUT2D eigenvalue weighted by molar-refractivity contribution is -0.134. The minimum atomic E-state index is -0.522. The van der Waals surface area contributed by atoms with Crippen molar-refractivity contribution in [1.29, 1.82) is 5.26 Å². The minimum Gasteiger partial charge on any atom is -0.325 e. The molecule has 1 aliphatic rings. The van der Waals surface area contributed by atoms with Crippen LogP contribution in [0, 0.1) is 16.7 Å². The molecule has 1 fully saturated rings. The molecule has 1 saturated carbocycles. The van der Waals surface area contributed by atoms with E-state index >= 15 is 0 Å².